The van der Waals surface area contributed by atoms with E-state index in [4.69, 9.17) is 5.11 Å². The molecule has 0 saturated carbocycles. The van der Waals surface area contributed by atoms with E-state index in [0.29, 0.717) is 16.5 Å². The molecule has 0 spiro atoms. The molecule has 0 unspecified atom stereocenters. The second-order valence-electron chi connectivity index (χ2n) is 6.73. The molecule has 0 bridgehead atoms. The first-order chi connectivity index (χ1) is 10.7. The van der Waals surface area contributed by atoms with Gasteiger partial charge in [-0.25, -0.2) is 0 Å². The van der Waals surface area contributed by atoms with Gasteiger partial charge in [0.1, 0.15) is 6.54 Å². The van der Waals surface area contributed by atoms with Crippen molar-refractivity contribution >= 4 is 28.6 Å². The van der Waals surface area contributed by atoms with Crippen molar-refractivity contribution in [1.82, 2.24) is 4.90 Å². The van der Waals surface area contributed by atoms with Crippen molar-refractivity contribution in [3.63, 3.8) is 0 Å². The molecule has 1 N–H and O–H groups in total. The van der Waals surface area contributed by atoms with Crippen molar-refractivity contribution in [1.29, 1.82) is 0 Å². The number of carboxylic acids is 1. The number of rotatable bonds is 2. The highest BCUT2D eigenvalue weighted by Gasteiger charge is 2.35. The lowest BCUT2D eigenvalue weighted by molar-refractivity contribution is -0.137. The molecule has 118 valence electrons. The third kappa shape index (κ3) is 2.29. The lowest BCUT2D eigenvalue weighted by Crippen LogP contribution is -2.43. The summed E-state index contributed by atoms with van der Waals surface area (Å²) < 4.78 is 0. The Balaban J connectivity index is 2.32. The SMILES string of the molecule is CC(C)(C)c1ccc2c3c(cccc13)C(=O)N(CC(=O)O)C2=O. The molecule has 23 heavy (non-hydrogen) atoms. The summed E-state index contributed by atoms with van der Waals surface area (Å²) >= 11 is 0. The quantitative estimate of drug-likeness (QED) is 0.865. The van der Waals surface area contributed by atoms with Crippen LogP contribution >= 0.6 is 0 Å². The van der Waals surface area contributed by atoms with Crippen molar-refractivity contribution in [3.8, 4) is 0 Å². The number of aliphatic carboxylic acids is 1. The maximum absolute atomic E-state index is 12.6. The van der Waals surface area contributed by atoms with Gasteiger partial charge in [0, 0.05) is 16.5 Å². The Hall–Kier alpha value is -2.69. The number of hydrogen-bond donors (Lipinski definition) is 1. The molecule has 0 radical (unpaired) electrons. The Morgan fingerprint density at radius 1 is 1.04 bits per heavy atom. The number of hydrogen-bond acceptors (Lipinski definition) is 3. The van der Waals surface area contributed by atoms with Gasteiger partial charge in [0.2, 0.25) is 0 Å². The van der Waals surface area contributed by atoms with E-state index in [1.54, 1.807) is 18.2 Å². The van der Waals surface area contributed by atoms with Gasteiger partial charge in [0.25, 0.3) is 11.8 Å². The fourth-order valence-electron chi connectivity index (χ4n) is 3.08. The minimum atomic E-state index is -1.21. The van der Waals surface area contributed by atoms with Gasteiger partial charge in [-0.1, -0.05) is 39.0 Å². The second-order valence-corrected chi connectivity index (χ2v) is 6.73. The summed E-state index contributed by atoms with van der Waals surface area (Å²) in [6.07, 6.45) is 0. The van der Waals surface area contributed by atoms with Crippen molar-refractivity contribution in [3.05, 3.63) is 47.0 Å². The second kappa shape index (κ2) is 4.91. The van der Waals surface area contributed by atoms with Crippen LogP contribution in [0.1, 0.15) is 47.1 Å². The summed E-state index contributed by atoms with van der Waals surface area (Å²) in [7, 11) is 0. The molecule has 3 rings (SSSR count). The summed E-state index contributed by atoms with van der Waals surface area (Å²) in [5.74, 6) is -2.32. The van der Waals surface area contributed by atoms with Gasteiger partial charge in [-0.15, -0.1) is 0 Å². The fraction of sp³-hybridized carbons (Fsp3) is 0.278. The van der Waals surface area contributed by atoms with E-state index in [-0.39, 0.29) is 5.41 Å². The zero-order valence-electron chi connectivity index (χ0n) is 13.2. The highest BCUT2D eigenvalue weighted by Crippen LogP contribution is 2.36. The molecule has 1 aliphatic heterocycles. The number of amides is 2. The van der Waals surface area contributed by atoms with Crippen LogP contribution in [0, 0.1) is 0 Å². The van der Waals surface area contributed by atoms with Crippen LogP contribution < -0.4 is 0 Å². The van der Waals surface area contributed by atoms with E-state index in [9.17, 15) is 14.4 Å². The van der Waals surface area contributed by atoms with E-state index in [2.05, 4.69) is 20.8 Å². The third-order valence-electron chi connectivity index (χ3n) is 4.09. The first-order valence-corrected chi connectivity index (χ1v) is 7.36. The number of carboxylic acid groups (broad SMARTS) is 1. The zero-order chi connectivity index (χ0) is 16.9. The molecule has 0 saturated heterocycles. The van der Waals surface area contributed by atoms with Crippen molar-refractivity contribution in [2.24, 2.45) is 0 Å². The Morgan fingerprint density at radius 2 is 1.65 bits per heavy atom. The molecule has 2 amide bonds. The summed E-state index contributed by atoms with van der Waals surface area (Å²) in [6.45, 7) is 5.58. The smallest absolute Gasteiger partial charge is 0.323 e. The molecule has 5 nitrogen and oxygen atoms in total. The average molecular weight is 311 g/mol. The molecule has 2 aromatic carbocycles. The standard InChI is InChI=1S/C18H17NO4/c1-18(2,3)13-8-7-12-15-10(13)5-4-6-11(15)16(22)19(17(12)23)9-14(20)21/h4-8H,9H2,1-3H3,(H,20,21). The normalized spacial score (nSPS) is 14.5. The molecule has 1 aliphatic rings. The Bertz CT molecular complexity index is 839. The maximum Gasteiger partial charge on any atom is 0.323 e. The predicted octanol–water partition coefficient (Wildman–Crippen LogP) is 2.82. The zero-order valence-corrected chi connectivity index (χ0v) is 13.2. The van der Waals surface area contributed by atoms with E-state index >= 15 is 0 Å². The van der Waals surface area contributed by atoms with E-state index < -0.39 is 24.3 Å². The average Bonchev–Trinajstić information content (AvgIpc) is 2.47. The molecule has 0 fully saturated rings. The molecular formula is C18H17NO4. The Morgan fingerprint density at radius 3 is 2.22 bits per heavy atom. The number of carbonyl (C=O) groups excluding carboxylic acids is 2. The summed E-state index contributed by atoms with van der Waals surface area (Å²) in [6, 6.07) is 8.88. The topological polar surface area (TPSA) is 74.7 Å². The minimum absolute atomic E-state index is 0.137. The molecular weight excluding hydrogens is 294 g/mol. The lowest BCUT2D eigenvalue weighted by atomic mass is 9.81. The van der Waals surface area contributed by atoms with Crippen LogP contribution in [0.4, 0.5) is 0 Å². The van der Waals surface area contributed by atoms with Gasteiger partial charge < -0.3 is 5.11 Å². The number of carbonyl (C=O) groups is 3. The summed E-state index contributed by atoms with van der Waals surface area (Å²) in [5.41, 5.74) is 1.67. The van der Waals surface area contributed by atoms with Gasteiger partial charge in [0.15, 0.2) is 0 Å². The van der Waals surface area contributed by atoms with Crippen LogP contribution in [-0.2, 0) is 10.2 Å². The molecule has 0 aromatic heterocycles. The molecule has 0 atom stereocenters. The maximum atomic E-state index is 12.6. The molecule has 0 aliphatic carbocycles. The predicted molar refractivity (Wildman–Crippen MR) is 85.7 cm³/mol. The lowest BCUT2D eigenvalue weighted by Gasteiger charge is -2.29. The monoisotopic (exact) mass is 311 g/mol. The first kappa shape index (κ1) is 15.2. The van der Waals surface area contributed by atoms with Crippen molar-refractivity contribution in [2.75, 3.05) is 6.54 Å². The fourth-order valence-corrected chi connectivity index (χ4v) is 3.08. The van der Waals surface area contributed by atoms with Crippen LogP contribution in [0.25, 0.3) is 10.8 Å². The van der Waals surface area contributed by atoms with Crippen LogP contribution in [0.15, 0.2) is 30.3 Å². The van der Waals surface area contributed by atoms with Crippen LogP contribution in [0.5, 0.6) is 0 Å². The van der Waals surface area contributed by atoms with Gasteiger partial charge in [-0.05, 0) is 28.5 Å². The largest absolute Gasteiger partial charge is 0.480 e. The Labute approximate surface area is 133 Å². The molecule has 1 heterocycles. The first-order valence-electron chi connectivity index (χ1n) is 7.36. The summed E-state index contributed by atoms with van der Waals surface area (Å²) in [4.78, 5) is 36.8. The summed E-state index contributed by atoms with van der Waals surface area (Å²) in [5, 5.41) is 10.4. The molecule has 5 heteroatoms. The number of benzene rings is 2. The highest BCUT2D eigenvalue weighted by atomic mass is 16.4. The van der Waals surface area contributed by atoms with Gasteiger partial charge in [0.05, 0.1) is 0 Å². The Kier molecular flexibility index (Phi) is 3.25. The minimum Gasteiger partial charge on any atom is -0.480 e. The number of imide groups is 1. The highest BCUT2D eigenvalue weighted by molar-refractivity contribution is 6.26. The van der Waals surface area contributed by atoms with Crippen LogP contribution in [-0.4, -0.2) is 34.3 Å². The molecule has 2 aromatic rings. The van der Waals surface area contributed by atoms with E-state index in [1.807, 2.05) is 12.1 Å². The van der Waals surface area contributed by atoms with Gasteiger partial charge in [-0.3, -0.25) is 19.3 Å². The van der Waals surface area contributed by atoms with Crippen molar-refractivity contribution in [2.45, 2.75) is 26.2 Å². The van der Waals surface area contributed by atoms with Crippen LogP contribution in [0.3, 0.4) is 0 Å². The van der Waals surface area contributed by atoms with Crippen LogP contribution in [0.2, 0.25) is 0 Å². The number of nitrogens with zero attached hydrogens (tertiary/aromatic N) is 1. The van der Waals surface area contributed by atoms with Gasteiger partial charge >= 0.3 is 5.97 Å². The van der Waals surface area contributed by atoms with Gasteiger partial charge in [-0.2, -0.15) is 0 Å². The van der Waals surface area contributed by atoms with E-state index in [1.165, 1.54) is 0 Å². The van der Waals surface area contributed by atoms with Crippen molar-refractivity contribution < 1.29 is 19.5 Å². The third-order valence-corrected chi connectivity index (χ3v) is 4.09. The van der Waals surface area contributed by atoms with E-state index in [0.717, 1.165) is 15.8 Å².